The normalized spacial score (nSPS) is 12.6. The van der Waals surface area contributed by atoms with Gasteiger partial charge < -0.3 is 15.1 Å². The fraction of sp³-hybridized carbons (Fsp3) is 0.583. The average molecular weight is 281 g/mol. The van der Waals surface area contributed by atoms with Crippen LogP contribution in [0.15, 0.2) is 10.6 Å². The Hall–Kier alpha value is -1.47. The van der Waals surface area contributed by atoms with Crippen molar-refractivity contribution < 1.29 is 4.42 Å². The number of hydrogen-bond acceptors (Lipinski definition) is 7. The van der Waals surface area contributed by atoms with Crippen LogP contribution in [0, 0.1) is 0 Å². The minimum atomic E-state index is 0.0673. The lowest BCUT2D eigenvalue weighted by atomic mass is 10.4. The number of anilines is 1. The number of rotatable bonds is 7. The van der Waals surface area contributed by atoms with E-state index in [-0.39, 0.29) is 6.04 Å². The molecule has 0 saturated heterocycles. The van der Waals surface area contributed by atoms with Gasteiger partial charge in [0, 0.05) is 11.1 Å². The number of thiazole rings is 1. The van der Waals surface area contributed by atoms with Crippen molar-refractivity contribution in [1.29, 1.82) is 0 Å². The van der Waals surface area contributed by atoms with Gasteiger partial charge in [0.2, 0.25) is 5.89 Å². The Kier molecular flexibility index (Phi) is 4.86. The molecule has 0 aliphatic rings. The molecule has 0 radical (unpaired) electrons. The number of nitrogens with zero attached hydrogens (tertiary/aromatic N) is 3. The second-order valence-electron chi connectivity index (χ2n) is 4.17. The van der Waals surface area contributed by atoms with E-state index in [0.717, 1.165) is 18.0 Å². The van der Waals surface area contributed by atoms with Crippen LogP contribution in [0.3, 0.4) is 0 Å². The quantitative estimate of drug-likeness (QED) is 0.811. The maximum atomic E-state index is 5.49. The molecular formula is C12H19N5OS. The van der Waals surface area contributed by atoms with Crippen LogP contribution < -0.4 is 10.6 Å². The Morgan fingerprint density at radius 2 is 2.21 bits per heavy atom. The third-order valence-corrected chi connectivity index (χ3v) is 3.95. The average Bonchev–Trinajstić information content (AvgIpc) is 3.05. The minimum absolute atomic E-state index is 0.0673. The lowest BCUT2D eigenvalue weighted by Crippen LogP contribution is -2.11. The lowest BCUT2D eigenvalue weighted by Gasteiger charge is -2.07. The first-order valence-electron chi connectivity index (χ1n) is 6.47. The third-order valence-electron chi connectivity index (χ3n) is 2.62. The maximum Gasteiger partial charge on any atom is 0.316 e. The molecule has 0 fully saturated rings. The molecule has 0 saturated carbocycles. The van der Waals surface area contributed by atoms with E-state index < -0.39 is 0 Å². The number of nitrogens with one attached hydrogen (secondary N) is 2. The SMILES string of the molecule is CCNCc1nnc(NC(C)c2ncc(CC)s2)o1. The molecule has 0 bridgehead atoms. The summed E-state index contributed by atoms with van der Waals surface area (Å²) < 4.78 is 5.49. The van der Waals surface area contributed by atoms with Crippen LogP contribution in [-0.2, 0) is 13.0 Å². The molecule has 0 spiro atoms. The fourth-order valence-corrected chi connectivity index (χ4v) is 2.41. The minimum Gasteiger partial charge on any atom is -0.407 e. The van der Waals surface area contributed by atoms with Crippen LogP contribution >= 0.6 is 11.3 Å². The van der Waals surface area contributed by atoms with Crippen LogP contribution in [0.5, 0.6) is 0 Å². The van der Waals surface area contributed by atoms with Crippen molar-refractivity contribution in [3.8, 4) is 0 Å². The van der Waals surface area contributed by atoms with Gasteiger partial charge in [0.25, 0.3) is 0 Å². The third kappa shape index (κ3) is 3.74. The molecule has 1 unspecified atom stereocenters. The van der Waals surface area contributed by atoms with Gasteiger partial charge in [-0.3, -0.25) is 0 Å². The van der Waals surface area contributed by atoms with E-state index in [4.69, 9.17) is 4.42 Å². The highest BCUT2D eigenvalue weighted by molar-refractivity contribution is 7.11. The van der Waals surface area contributed by atoms with E-state index in [2.05, 4.69) is 32.7 Å². The van der Waals surface area contributed by atoms with Crippen molar-refractivity contribution in [3.63, 3.8) is 0 Å². The predicted molar refractivity (Wildman–Crippen MR) is 75.2 cm³/mol. The van der Waals surface area contributed by atoms with Gasteiger partial charge in [0.15, 0.2) is 0 Å². The summed E-state index contributed by atoms with van der Waals surface area (Å²) in [4.78, 5) is 5.67. The van der Waals surface area contributed by atoms with Crippen molar-refractivity contribution in [2.45, 2.75) is 39.8 Å². The van der Waals surface area contributed by atoms with Gasteiger partial charge in [0.05, 0.1) is 12.6 Å². The summed E-state index contributed by atoms with van der Waals surface area (Å²) in [5.74, 6) is 0.588. The summed E-state index contributed by atoms with van der Waals surface area (Å²) in [6.45, 7) is 7.66. The molecule has 1 atom stereocenters. The molecule has 0 aliphatic heterocycles. The van der Waals surface area contributed by atoms with Crippen molar-refractivity contribution >= 4 is 17.4 Å². The molecule has 2 rings (SSSR count). The molecule has 19 heavy (non-hydrogen) atoms. The van der Waals surface area contributed by atoms with Crippen LogP contribution in [0.4, 0.5) is 6.01 Å². The first-order valence-corrected chi connectivity index (χ1v) is 7.28. The van der Waals surface area contributed by atoms with Gasteiger partial charge in [-0.2, -0.15) is 0 Å². The molecule has 0 aromatic carbocycles. The first-order chi connectivity index (χ1) is 9.22. The van der Waals surface area contributed by atoms with Gasteiger partial charge in [0.1, 0.15) is 5.01 Å². The van der Waals surface area contributed by atoms with E-state index in [0.29, 0.717) is 18.5 Å². The summed E-state index contributed by atoms with van der Waals surface area (Å²) in [5, 5.41) is 15.3. The highest BCUT2D eigenvalue weighted by Crippen LogP contribution is 2.23. The van der Waals surface area contributed by atoms with Crippen LogP contribution in [0.25, 0.3) is 0 Å². The zero-order chi connectivity index (χ0) is 13.7. The van der Waals surface area contributed by atoms with Crippen LogP contribution in [-0.4, -0.2) is 21.7 Å². The summed E-state index contributed by atoms with van der Waals surface area (Å²) in [6, 6.07) is 0.506. The smallest absolute Gasteiger partial charge is 0.316 e. The molecule has 2 aromatic rings. The zero-order valence-electron chi connectivity index (χ0n) is 11.4. The number of aromatic nitrogens is 3. The fourth-order valence-electron chi connectivity index (χ4n) is 1.55. The largest absolute Gasteiger partial charge is 0.407 e. The molecule has 0 aliphatic carbocycles. The lowest BCUT2D eigenvalue weighted by molar-refractivity contribution is 0.478. The molecule has 104 valence electrons. The Balaban J connectivity index is 1.94. The molecule has 7 heteroatoms. The standard InChI is InChI=1S/C12H19N5OS/c1-4-9-6-14-11(19-9)8(3)15-12-17-16-10(18-12)7-13-5-2/h6,8,13H,4-5,7H2,1-3H3,(H,15,17). The maximum absolute atomic E-state index is 5.49. The van der Waals surface area contributed by atoms with Crippen molar-refractivity contribution in [3.05, 3.63) is 22.0 Å². The van der Waals surface area contributed by atoms with Gasteiger partial charge >= 0.3 is 6.01 Å². The molecule has 0 amide bonds. The van der Waals surface area contributed by atoms with Crippen LogP contribution in [0.1, 0.15) is 42.6 Å². The molecule has 2 heterocycles. The Bertz CT molecular complexity index is 510. The highest BCUT2D eigenvalue weighted by Gasteiger charge is 2.13. The summed E-state index contributed by atoms with van der Waals surface area (Å²) in [7, 11) is 0. The van der Waals surface area contributed by atoms with E-state index in [1.54, 1.807) is 11.3 Å². The van der Waals surface area contributed by atoms with Crippen molar-refractivity contribution in [2.24, 2.45) is 0 Å². The van der Waals surface area contributed by atoms with Crippen molar-refractivity contribution in [1.82, 2.24) is 20.5 Å². The van der Waals surface area contributed by atoms with E-state index in [9.17, 15) is 0 Å². The zero-order valence-corrected chi connectivity index (χ0v) is 12.3. The number of aryl methyl sites for hydroxylation is 1. The number of hydrogen-bond donors (Lipinski definition) is 2. The molecule has 6 nitrogen and oxygen atoms in total. The topological polar surface area (TPSA) is 75.9 Å². The Morgan fingerprint density at radius 3 is 2.89 bits per heavy atom. The first kappa shape index (κ1) is 14.0. The monoisotopic (exact) mass is 281 g/mol. The van der Waals surface area contributed by atoms with Gasteiger partial charge in [-0.1, -0.05) is 18.9 Å². The van der Waals surface area contributed by atoms with Gasteiger partial charge in [-0.05, 0) is 19.9 Å². The highest BCUT2D eigenvalue weighted by atomic mass is 32.1. The summed E-state index contributed by atoms with van der Waals surface area (Å²) >= 11 is 1.71. The van der Waals surface area contributed by atoms with Gasteiger partial charge in [-0.15, -0.1) is 16.4 Å². The van der Waals surface area contributed by atoms with Gasteiger partial charge in [-0.25, -0.2) is 4.98 Å². The summed E-state index contributed by atoms with van der Waals surface area (Å²) in [5.41, 5.74) is 0. The second-order valence-corrected chi connectivity index (χ2v) is 5.31. The molecule has 2 N–H and O–H groups in total. The molecular weight excluding hydrogens is 262 g/mol. The van der Waals surface area contributed by atoms with E-state index in [1.807, 2.05) is 20.0 Å². The summed E-state index contributed by atoms with van der Waals surface area (Å²) in [6.07, 6.45) is 2.93. The second kappa shape index (κ2) is 6.63. The Morgan fingerprint density at radius 1 is 1.37 bits per heavy atom. The molecule has 2 aromatic heterocycles. The Labute approximate surface area is 116 Å². The van der Waals surface area contributed by atoms with E-state index >= 15 is 0 Å². The predicted octanol–water partition coefficient (Wildman–Crippen LogP) is 2.37. The van der Waals surface area contributed by atoms with Crippen LogP contribution in [0.2, 0.25) is 0 Å². The van der Waals surface area contributed by atoms with Crippen molar-refractivity contribution in [2.75, 3.05) is 11.9 Å². The van der Waals surface area contributed by atoms with E-state index in [1.165, 1.54) is 4.88 Å².